The molecule has 4 rings (SSSR count). The monoisotopic (exact) mass is 298 g/mol. The summed E-state index contributed by atoms with van der Waals surface area (Å²) < 4.78 is 14.9. The molecule has 104 valence electrons. The number of rotatable bonds is 2. The van der Waals surface area contributed by atoms with Crippen LogP contribution in [0.2, 0.25) is 0 Å². The highest BCUT2D eigenvalue weighted by Gasteiger charge is 2.23. The van der Waals surface area contributed by atoms with Gasteiger partial charge in [0, 0.05) is 0 Å². The third-order valence-electron chi connectivity index (χ3n) is 3.41. The third kappa shape index (κ3) is 2.13. The molecule has 2 aromatic heterocycles. The Bertz CT molecular complexity index is 789. The molecule has 0 bridgehead atoms. The SMILES string of the molecule is Fc1ccc([C@@H]2C=C(c3cccs3)Nc3ncnn32)cc1. The van der Waals surface area contributed by atoms with Crippen molar-refractivity contribution in [3.8, 4) is 0 Å². The van der Waals surface area contributed by atoms with Crippen molar-refractivity contribution in [2.45, 2.75) is 6.04 Å². The van der Waals surface area contributed by atoms with Crippen molar-refractivity contribution < 1.29 is 4.39 Å². The van der Waals surface area contributed by atoms with Crippen molar-refractivity contribution in [1.82, 2.24) is 14.8 Å². The van der Waals surface area contributed by atoms with Crippen LogP contribution in [0.15, 0.2) is 54.2 Å². The standard InChI is InChI=1S/C15H11FN4S/c16-11-5-3-10(4-6-11)13-8-12(14-2-1-7-21-14)19-15-17-9-18-20(13)15/h1-9,13H,(H,17,18,19)/t13-/m0/s1. The van der Waals surface area contributed by atoms with Gasteiger partial charge in [-0.3, -0.25) is 0 Å². The van der Waals surface area contributed by atoms with Gasteiger partial charge in [0.25, 0.3) is 0 Å². The van der Waals surface area contributed by atoms with E-state index in [1.807, 2.05) is 11.4 Å². The van der Waals surface area contributed by atoms with Gasteiger partial charge in [0.15, 0.2) is 0 Å². The van der Waals surface area contributed by atoms with Crippen LogP contribution in [0.4, 0.5) is 10.3 Å². The summed E-state index contributed by atoms with van der Waals surface area (Å²) in [6, 6.07) is 10.4. The topological polar surface area (TPSA) is 42.7 Å². The number of hydrogen-bond donors (Lipinski definition) is 1. The summed E-state index contributed by atoms with van der Waals surface area (Å²) in [5.41, 5.74) is 1.97. The summed E-state index contributed by atoms with van der Waals surface area (Å²) in [5.74, 6) is 0.448. The van der Waals surface area contributed by atoms with Crippen molar-refractivity contribution in [3.63, 3.8) is 0 Å². The number of allylic oxidation sites excluding steroid dienone is 1. The predicted molar refractivity (Wildman–Crippen MR) is 80.5 cm³/mol. The van der Waals surface area contributed by atoms with Gasteiger partial charge in [-0.15, -0.1) is 11.3 Å². The fraction of sp³-hybridized carbons (Fsp3) is 0.0667. The Hall–Kier alpha value is -2.47. The lowest BCUT2D eigenvalue weighted by Gasteiger charge is -2.23. The van der Waals surface area contributed by atoms with Gasteiger partial charge in [-0.05, 0) is 35.2 Å². The number of nitrogens with one attached hydrogen (secondary N) is 1. The van der Waals surface area contributed by atoms with Crippen LogP contribution in [0.3, 0.4) is 0 Å². The molecule has 3 heterocycles. The molecule has 21 heavy (non-hydrogen) atoms. The first-order valence-corrected chi connectivity index (χ1v) is 7.37. The molecule has 0 unspecified atom stereocenters. The molecule has 1 N–H and O–H groups in total. The Morgan fingerprint density at radius 1 is 1.19 bits per heavy atom. The van der Waals surface area contributed by atoms with Crippen LogP contribution in [0.1, 0.15) is 16.5 Å². The van der Waals surface area contributed by atoms with Crippen LogP contribution in [0, 0.1) is 5.82 Å². The molecular formula is C15H11FN4S. The van der Waals surface area contributed by atoms with E-state index in [0.29, 0.717) is 5.95 Å². The lowest BCUT2D eigenvalue weighted by molar-refractivity contribution is 0.603. The van der Waals surface area contributed by atoms with E-state index in [-0.39, 0.29) is 11.9 Å². The minimum absolute atomic E-state index is 0.0959. The molecule has 1 aliphatic rings. The Morgan fingerprint density at radius 3 is 2.81 bits per heavy atom. The summed E-state index contributed by atoms with van der Waals surface area (Å²) >= 11 is 1.66. The summed E-state index contributed by atoms with van der Waals surface area (Å²) in [7, 11) is 0. The van der Waals surface area contributed by atoms with Crippen LogP contribution in [-0.4, -0.2) is 14.8 Å². The maximum atomic E-state index is 13.1. The average molecular weight is 298 g/mol. The number of thiophene rings is 1. The number of hydrogen-bond acceptors (Lipinski definition) is 4. The smallest absolute Gasteiger partial charge is 0.226 e. The Kier molecular flexibility index (Phi) is 2.82. The molecule has 0 fully saturated rings. The molecule has 0 spiro atoms. The fourth-order valence-electron chi connectivity index (χ4n) is 2.41. The quantitative estimate of drug-likeness (QED) is 0.787. The fourth-order valence-corrected chi connectivity index (χ4v) is 3.11. The van der Waals surface area contributed by atoms with Gasteiger partial charge in [0.2, 0.25) is 5.95 Å². The highest BCUT2D eigenvalue weighted by atomic mass is 32.1. The van der Waals surface area contributed by atoms with Gasteiger partial charge in [-0.25, -0.2) is 9.07 Å². The third-order valence-corrected chi connectivity index (χ3v) is 4.31. The van der Waals surface area contributed by atoms with Gasteiger partial charge in [0.05, 0.1) is 10.6 Å². The summed E-state index contributed by atoms with van der Waals surface area (Å²) in [4.78, 5) is 5.38. The zero-order valence-corrected chi connectivity index (χ0v) is 11.7. The molecule has 4 nitrogen and oxygen atoms in total. The zero-order valence-electron chi connectivity index (χ0n) is 10.9. The summed E-state index contributed by atoms with van der Waals surface area (Å²) in [6.07, 6.45) is 3.60. The molecule has 6 heteroatoms. The van der Waals surface area contributed by atoms with Crippen LogP contribution in [0.25, 0.3) is 5.70 Å². The van der Waals surface area contributed by atoms with E-state index in [2.05, 4.69) is 27.5 Å². The molecule has 0 saturated carbocycles. The molecule has 1 aliphatic heterocycles. The van der Waals surface area contributed by atoms with E-state index in [1.165, 1.54) is 18.5 Å². The molecule has 0 saturated heterocycles. The number of fused-ring (bicyclic) bond motifs is 1. The van der Waals surface area contributed by atoms with Crippen molar-refractivity contribution in [2.75, 3.05) is 5.32 Å². The number of halogens is 1. The zero-order chi connectivity index (χ0) is 14.2. The lowest BCUT2D eigenvalue weighted by atomic mass is 10.0. The molecule has 0 aliphatic carbocycles. The van der Waals surface area contributed by atoms with Gasteiger partial charge in [-0.1, -0.05) is 18.2 Å². The molecular weight excluding hydrogens is 287 g/mol. The van der Waals surface area contributed by atoms with E-state index in [0.717, 1.165) is 16.1 Å². The van der Waals surface area contributed by atoms with Crippen LogP contribution >= 0.6 is 11.3 Å². The maximum absolute atomic E-state index is 13.1. The second-order valence-corrected chi connectivity index (χ2v) is 5.65. The first kappa shape index (κ1) is 12.3. The minimum Gasteiger partial charge on any atom is -0.323 e. The van der Waals surface area contributed by atoms with Crippen molar-refractivity contribution in [2.24, 2.45) is 0 Å². The van der Waals surface area contributed by atoms with Gasteiger partial charge in [-0.2, -0.15) is 10.1 Å². The molecule has 1 atom stereocenters. The van der Waals surface area contributed by atoms with E-state index in [4.69, 9.17) is 0 Å². The van der Waals surface area contributed by atoms with Crippen LogP contribution < -0.4 is 5.32 Å². The van der Waals surface area contributed by atoms with E-state index in [9.17, 15) is 4.39 Å². The Morgan fingerprint density at radius 2 is 2.05 bits per heavy atom. The lowest BCUT2D eigenvalue weighted by Crippen LogP contribution is -2.19. The normalized spacial score (nSPS) is 17.0. The molecule has 3 aromatic rings. The van der Waals surface area contributed by atoms with Crippen molar-refractivity contribution >= 4 is 23.0 Å². The van der Waals surface area contributed by atoms with Gasteiger partial charge in [0.1, 0.15) is 18.2 Å². The van der Waals surface area contributed by atoms with Crippen LogP contribution in [-0.2, 0) is 0 Å². The average Bonchev–Trinajstić information content (AvgIpc) is 3.18. The number of benzene rings is 1. The molecule has 0 radical (unpaired) electrons. The highest BCUT2D eigenvalue weighted by Crippen LogP contribution is 2.33. The van der Waals surface area contributed by atoms with E-state index >= 15 is 0 Å². The van der Waals surface area contributed by atoms with E-state index < -0.39 is 0 Å². The number of nitrogens with zero attached hydrogens (tertiary/aromatic N) is 3. The largest absolute Gasteiger partial charge is 0.323 e. The first-order valence-electron chi connectivity index (χ1n) is 6.49. The number of anilines is 1. The van der Waals surface area contributed by atoms with Crippen LogP contribution in [0.5, 0.6) is 0 Å². The second-order valence-electron chi connectivity index (χ2n) is 4.71. The Balaban J connectivity index is 1.82. The van der Waals surface area contributed by atoms with Crippen molar-refractivity contribution in [3.05, 3.63) is 70.4 Å². The van der Waals surface area contributed by atoms with Gasteiger partial charge >= 0.3 is 0 Å². The molecule has 1 aromatic carbocycles. The summed E-state index contributed by atoms with van der Waals surface area (Å²) in [6.45, 7) is 0. The Labute approximate surface area is 124 Å². The second kappa shape index (κ2) is 4.82. The summed E-state index contributed by atoms with van der Waals surface area (Å²) in [5, 5.41) is 9.57. The van der Waals surface area contributed by atoms with E-state index in [1.54, 1.807) is 28.2 Å². The minimum atomic E-state index is -0.242. The van der Waals surface area contributed by atoms with Gasteiger partial charge < -0.3 is 5.32 Å². The molecule has 0 amide bonds. The predicted octanol–water partition coefficient (Wildman–Crippen LogP) is 3.53. The maximum Gasteiger partial charge on any atom is 0.226 e. The number of aromatic nitrogens is 3. The van der Waals surface area contributed by atoms with Crippen molar-refractivity contribution in [1.29, 1.82) is 0 Å². The highest BCUT2D eigenvalue weighted by molar-refractivity contribution is 7.11. The first-order chi connectivity index (χ1) is 10.3.